The van der Waals surface area contributed by atoms with Crippen LogP contribution in [-0.4, -0.2) is 53.1 Å². The minimum Gasteiger partial charge on any atom is -0.338 e. The number of urea groups is 1. The van der Waals surface area contributed by atoms with E-state index in [9.17, 15) is 9.59 Å². The van der Waals surface area contributed by atoms with Crippen molar-refractivity contribution in [1.82, 2.24) is 20.4 Å². The van der Waals surface area contributed by atoms with Gasteiger partial charge < -0.3 is 15.1 Å². The average molecular weight is 421 g/mol. The molecule has 2 aromatic rings. The molecule has 0 aromatic heterocycles. The summed E-state index contributed by atoms with van der Waals surface area (Å²) >= 11 is 0. The van der Waals surface area contributed by atoms with Crippen molar-refractivity contribution in [2.45, 2.75) is 50.9 Å². The van der Waals surface area contributed by atoms with Gasteiger partial charge in [-0.1, -0.05) is 67.6 Å². The maximum Gasteiger partial charge on any atom is 0.317 e. The lowest BCUT2D eigenvalue weighted by Gasteiger charge is -2.44. The second-order valence-corrected chi connectivity index (χ2v) is 8.55. The van der Waals surface area contributed by atoms with Crippen molar-refractivity contribution < 1.29 is 9.59 Å². The van der Waals surface area contributed by atoms with Gasteiger partial charge in [0.1, 0.15) is 0 Å². The number of piperidine rings is 1. The number of amides is 3. The third-order valence-electron chi connectivity index (χ3n) is 6.39. The number of hydrogen-bond acceptors (Lipinski definition) is 3. The van der Waals surface area contributed by atoms with Crippen LogP contribution in [0.1, 0.15) is 37.3 Å². The van der Waals surface area contributed by atoms with E-state index in [0.717, 1.165) is 30.4 Å². The maximum atomic E-state index is 13.5. The fourth-order valence-electron chi connectivity index (χ4n) is 4.68. The van der Waals surface area contributed by atoms with E-state index in [1.165, 1.54) is 0 Å². The molecule has 1 spiro atoms. The van der Waals surface area contributed by atoms with Gasteiger partial charge in [0, 0.05) is 39.0 Å². The quantitative estimate of drug-likeness (QED) is 0.755. The molecule has 2 heterocycles. The molecule has 6 heteroatoms. The number of likely N-dealkylation sites (tertiary alicyclic amines) is 1. The van der Waals surface area contributed by atoms with Gasteiger partial charge in [-0.25, -0.2) is 4.79 Å². The Bertz CT molecular complexity index is 879. The van der Waals surface area contributed by atoms with Gasteiger partial charge in [-0.3, -0.25) is 10.1 Å². The SMILES string of the molecule is CCCNC(=O)N1CCC2(CC1)N[C@H](Cc1ccccc1)C(=O)N2Cc1ccccc1. The van der Waals surface area contributed by atoms with Crippen molar-refractivity contribution in [2.24, 2.45) is 0 Å². The lowest BCUT2D eigenvalue weighted by atomic mass is 9.95. The summed E-state index contributed by atoms with van der Waals surface area (Å²) in [5.74, 6) is 0.150. The lowest BCUT2D eigenvalue weighted by Crippen LogP contribution is -2.60. The number of hydrogen-bond donors (Lipinski definition) is 2. The van der Waals surface area contributed by atoms with Gasteiger partial charge >= 0.3 is 6.03 Å². The van der Waals surface area contributed by atoms with E-state index in [2.05, 4.69) is 34.9 Å². The fourth-order valence-corrected chi connectivity index (χ4v) is 4.68. The first-order valence-electron chi connectivity index (χ1n) is 11.3. The van der Waals surface area contributed by atoms with Crippen LogP contribution in [0.5, 0.6) is 0 Å². The number of carbonyl (C=O) groups excluding carboxylic acids is 2. The first-order chi connectivity index (χ1) is 15.1. The molecule has 2 N–H and O–H groups in total. The van der Waals surface area contributed by atoms with Crippen molar-refractivity contribution in [2.75, 3.05) is 19.6 Å². The van der Waals surface area contributed by atoms with Gasteiger partial charge in [-0.05, 0) is 24.0 Å². The largest absolute Gasteiger partial charge is 0.338 e. The molecular weight excluding hydrogens is 388 g/mol. The molecule has 2 aromatic carbocycles. The molecule has 0 aliphatic carbocycles. The number of nitrogens with zero attached hydrogens (tertiary/aromatic N) is 2. The Balaban J connectivity index is 1.52. The van der Waals surface area contributed by atoms with E-state index in [1.807, 2.05) is 53.1 Å². The van der Waals surface area contributed by atoms with Gasteiger partial charge in [0.2, 0.25) is 5.91 Å². The van der Waals surface area contributed by atoms with E-state index in [0.29, 0.717) is 32.6 Å². The molecule has 3 amide bonds. The standard InChI is InChI=1S/C25H32N4O2/c1-2-15-26-24(31)28-16-13-25(14-17-28)27-22(18-20-9-5-3-6-10-20)23(30)29(25)19-21-11-7-4-8-12-21/h3-12,22,27H,2,13-19H2,1H3,(H,26,31)/t22-/m1/s1. The molecule has 2 saturated heterocycles. The Labute approximate surface area is 184 Å². The number of nitrogens with one attached hydrogen (secondary N) is 2. The molecule has 2 aliphatic rings. The van der Waals surface area contributed by atoms with Gasteiger partial charge in [-0.15, -0.1) is 0 Å². The number of benzene rings is 2. The van der Waals surface area contributed by atoms with Gasteiger partial charge in [0.05, 0.1) is 11.7 Å². The second-order valence-electron chi connectivity index (χ2n) is 8.55. The topological polar surface area (TPSA) is 64.7 Å². The summed E-state index contributed by atoms with van der Waals surface area (Å²) in [5.41, 5.74) is 1.87. The zero-order valence-electron chi connectivity index (χ0n) is 18.2. The maximum absolute atomic E-state index is 13.5. The van der Waals surface area contributed by atoms with E-state index in [1.54, 1.807) is 0 Å². The molecule has 31 heavy (non-hydrogen) atoms. The van der Waals surface area contributed by atoms with Crippen LogP contribution < -0.4 is 10.6 Å². The Kier molecular flexibility index (Phi) is 6.56. The number of rotatable bonds is 6. The van der Waals surface area contributed by atoms with Crippen molar-refractivity contribution in [1.29, 1.82) is 0 Å². The first-order valence-corrected chi connectivity index (χ1v) is 11.3. The third kappa shape index (κ3) is 4.74. The van der Waals surface area contributed by atoms with Crippen molar-refractivity contribution in [3.63, 3.8) is 0 Å². The van der Waals surface area contributed by atoms with E-state index >= 15 is 0 Å². The monoisotopic (exact) mass is 420 g/mol. The molecule has 0 radical (unpaired) electrons. The minimum atomic E-state index is -0.409. The summed E-state index contributed by atoms with van der Waals surface area (Å²) in [6.45, 7) is 4.60. The highest BCUT2D eigenvalue weighted by molar-refractivity contribution is 5.85. The van der Waals surface area contributed by atoms with Crippen molar-refractivity contribution >= 4 is 11.9 Å². The van der Waals surface area contributed by atoms with Crippen LogP contribution in [0, 0.1) is 0 Å². The molecule has 0 bridgehead atoms. The fraction of sp³-hybridized carbons (Fsp3) is 0.440. The van der Waals surface area contributed by atoms with Crippen LogP contribution in [0.2, 0.25) is 0 Å². The number of carbonyl (C=O) groups is 2. The molecular formula is C25H32N4O2. The third-order valence-corrected chi connectivity index (χ3v) is 6.39. The van der Waals surface area contributed by atoms with E-state index < -0.39 is 5.66 Å². The average Bonchev–Trinajstić information content (AvgIpc) is 3.04. The summed E-state index contributed by atoms with van der Waals surface area (Å²) < 4.78 is 0. The zero-order valence-corrected chi connectivity index (χ0v) is 18.2. The van der Waals surface area contributed by atoms with Crippen molar-refractivity contribution in [3.05, 3.63) is 71.8 Å². The first kappa shape index (κ1) is 21.4. The lowest BCUT2D eigenvalue weighted by molar-refractivity contribution is -0.134. The Morgan fingerprint density at radius 1 is 1.03 bits per heavy atom. The smallest absolute Gasteiger partial charge is 0.317 e. The van der Waals surface area contributed by atoms with Crippen LogP contribution in [0.4, 0.5) is 4.79 Å². The van der Waals surface area contributed by atoms with Crippen LogP contribution >= 0.6 is 0 Å². The molecule has 0 unspecified atom stereocenters. The zero-order chi connectivity index (χ0) is 21.7. The van der Waals surface area contributed by atoms with Gasteiger partial charge in [0.25, 0.3) is 0 Å². The summed E-state index contributed by atoms with van der Waals surface area (Å²) in [6, 6.07) is 20.1. The minimum absolute atomic E-state index is 0.00327. The summed E-state index contributed by atoms with van der Waals surface area (Å²) in [7, 11) is 0. The Morgan fingerprint density at radius 2 is 1.65 bits per heavy atom. The van der Waals surface area contributed by atoms with Crippen LogP contribution in [0.3, 0.4) is 0 Å². The summed E-state index contributed by atoms with van der Waals surface area (Å²) in [4.78, 5) is 29.8. The van der Waals surface area contributed by atoms with Crippen LogP contribution in [-0.2, 0) is 17.8 Å². The molecule has 2 fully saturated rings. The highest BCUT2D eigenvalue weighted by Crippen LogP contribution is 2.34. The molecule has 0 saturated carbocycles. The van der Waals surface area contributed by atoms with Crippen molar-refractivity contribution in [3.8, 4) is 0 Å². The summed E-state index contributed by atoms with van der Waals surface area (Å²) in [5, 5.41) is 6.66. The predicted molar refractivity (Wildman–Crippen MR) is 121 cm³/mol. The molecule has 1 atom stereocenters. The molecule has 4 rings (SSSR count). The van der Waals surface area contributed by atoms with Gasteiger partial charge in [0.15, 0.2) is 0 Å². The van der Waals surface area contributed by atoms with E-state index in [4.69, 9.17) is 0 Å². The van der Waals surface area contributed by atoms with Gasteiger partial charge in [-0.2, -0.15) is 0 Å². The Hall–Kier alpha value is -2.86. The molecule has 2 aliphatic heterocycles. The summed E-state index contributed by atoms with van der Waals surface area (Å²) in [6.07, 6.45) is 3.06. The predicted octanol–water partition coefficient (Wildman–Crippen LogP) is 3.14. The second kappa shape index (κ2) is 9.52. The van der Waals surface area contributed by atoms with Crippen LogP contribution in [0.15, 0.2) is 60.7 Å². The van der Waals surface area contributed by atoms with Crippen LogP contribution in [0.25, 0.3) is 0 Å². The molecule has 6 nitrogen and oxygen atoms in total. The molecule has 164 valence electrons. The normalized spacial score (nSPS) is 20.3. The highest BCUT2D eigenvalue weighted by Gasteiger charge is 2.51. The Morgan fingerprint density at radius 3 is 2.26 bits per heavy atom. The highest BCUT2D eigenvalue weighted by atomic mass is 16.2. The van der Waals surface area contributed by atoms with E-state index in [-0.39, 0.29) is 18.0 Å².